The molecule has 0 radical (unpaired) electrons. The number of halogens is 5. The lowest BCUT2D eigenvalue weighted by molar-refractivity contribution is -0.151. The van der Waals surface area contributed by atoms with Gasteiger partial charge in [-0.1, -0.05) is 47.5 Å². The number of hydrogen-bond donors (Lipinski definition) is 0. The zero-order chi connectivity index (χ0) is 40.5. The zero-order valence-corrected chi connectivity index (χ0v) is 33.8. The Balaban J connectivity index is 1.19. The summed E-state index contributed by atoms with van der Waals surface area (Å²) in [6.45, 7) is 8.44. The van der Waals surface area contributed by atoms with Crippen LogP contribution < -0.4 is 18.9 Å². The molecule has 1 saturated heterocycles. The fraction of sp³-hybridized carbons (Fsp3) is 0.410. The Morgan fingerprint density at radius 1 is 0.947 bits per heavy atom. The fourth-order valence-corrected chi connectivity index (χ4v) is 7.24. The number of para-hydroxylation sites is 1. The van der Waals surface area contributed by atoms with Gasteiger partial charge in [-0.2, -0.15) is 17.5 Å². The largest absolute Gasteiger partial charge is 0.491 e. The molecule has 4 heterocycles. The molecule has 1 atom stereocenters. The van der Waals surface area contributed by atoms with Gasteiger partial charge in [0.1, 0.15) is 36.5 Å². The molecular weight excluding hydrogens is 808 g/mol. The first-order valence-corrected chi connectivity index (χ1v) is 19.7. The van der Waals surface area contributed by atoms with Gasteiger partial charge < -0.3 is 28.6 Å². The smallest absolute Gasteiger partial charge is 0.392 e. The van der Waals surface area contributed by atoms with E-state index in [1.54, 1.807) is 37.4 Å². The van der Waals surface area contributed by atoms with E-state index in [-0.39, 0.29) is 36.7 Å². The van der Waals surface area contributed by atoms with Crippen molar-refractivity contribution in [2.24, 2.45) is 0 Å². The van der Waals surface area contributed by atoms with E-state index in [4.69, 9.17) is 46.9 Å². The van der Waals surface area contributed by atoms with Crippen LogP contribution in [0.4, 0.5) is 13.2 Å². The van der Waals surface area contributed by atoms with Crippen molar-refractivity contribution in [3.8, 4) is 34.5 Å². The van der Waals surface area contributed by atoms with Gasteiger partial charge in [0.25, 0.3) is 0 Å². The van der Waals surface area contributed by atoms with Gasteiger partial charge in [0.05, 0.1) is 28.1 Å². The molecule has 1 aliphatic heterocycles. The maximum Gasteiger partial charge on any atom is 0.392 e. The van der Waals surface area contributed by atoms with E-state index in [1.165, 1.54) is 12.4 Å². The second-order valence-corrected chi connectivity index (χ2v) is 14.8. The SMILES string of the molecule is CCOC(=O)[C@@H](Cc1ccccc1OCc1cnc(OCCC(F)(F)F)nc1)Oc1nsc2cnc(Cl)c(-c3ccc(OCCN4CCN(C)CC4)c(Cl)c3C)c12. The summed E-state index contributed by atoms with van der Waals surface area (Å²) < 4.78 is 71.7. The van der Waals surface area contributed by atoms with Crippen LogP contribution in [0.5, 0.6) is 23.4 Å². The van der Waals surface area contributed by atoms with Crippen molar-refractivity contribution in [3.05, 3.63) is 81.9 Å². The predicted octanol–water partition coefficient (Wildman–Crippen LogP) is 7.85. The molecule has 304 valence electrons. The van der Waals surface area contributed by atoms with Gasteiger partial charge in [-0.15, -0.1) is 0 Å². The van der Waals surface area contributed by atoms with E-state index >= 15 is 0 Å². The van der Waals surface area contributed by atoms with Crippen molar-refractivity contribution in [1.29, 1.82) is 0 Å². The summed E-state index contributed by atoms with van der Waals surface area (Å²) in [5.41, 5.74) is 3.15. The van der Waals surface area contributed by atoms with Crippen LogP contribution in [0, 0.1) is 6.92 Å². The van der Waals surface area contributed by atoms with E-state index in [0.717, 1.165) is 49.8 Å². The van der Waals surface area contributed by atoms with Crippen molar-refractivity contribution >= 4 is 50.8 Å². The molecule has 0 bridgehead atoms. The third-order valence-electron chi connectivity index (χ3n) is 9.19. The number of aromatic nitrogens is 4. The van der Waals surface area contributed by atoms with Crippen molar-refractivity contribution in [2.75, 3.05) is 59.6 Å². The van der Waals surface area contributed by atoms with E-state index in [9.17, 15) is 18.0 Å². The molecule has 0 unspecified atom stereocenters. The number of alkyl halides is 3. The highest BCUT2D eigenvalue weighted by Crippen LogP contribution is 2.45. The van der Waals surface area contributed by atoms with Crippen LogP contribution >= 0.6 is 34.7 Å². The summed E-state index contributed by atoms with van der Waals surface area (Å²) in [4.78, 5) is 30.5. The second kappa shape index (κ2) is 19.3. The number of carbonyl (C=O) groups excluding carboxylic acids is 1. The molecule has 0 amide bonds. The number of hydrogen-bond acceptors (Lipinski definition) is 13. The van der Waals surface area contributed by atoms with Gasteiger partial charge in [-0.25, -0.2) is 19.7 Å². The van der Waals surface area contributed by atoms with Gasteiger partial charge >= 0.3 is 18.2 Å². The molecule has 0 aliphatic carbocycles. The van der Waals surface area contributed by atoms with Crippen molar-refractivity contribution < 1.29 is 41.7 Å². The quantitative estimate of drug-likeness (QED) is 0.0670. The number of pyridine rings is 1. The lowest BCUT2D eigenvalue weighted by atomic mass is 9.99. The van der Waals surface area contributed by atoms with Crippen molar-refractivity contribution in [2.45, 2.75) is 45.6 Å². The number of likely N-dealkylation sites (N-methyl/N-ethyl adjacent to an activating group) is 1. The highest BCUT2D eigenvalue weighted by atomic mass is 35.5. The molecule has 2 aromatic carbocycles. The minimum atomic E-state index is -4.35. The van der Waals surface area contributed by atoms with E-state index in [0.29, 0.717) is 55.5 Å². The first-order valence-electron chi connectivity index (χ1n) is 18.2. The molecule has 0 N–H and O–H groups in total. The number of esters is 1. The molecule has 6 rings (SSSR count). The normalized spacial score (nSPS) is 14.4. The third kappa shape index (κ3) is 11.1. The Hall–Kier alpha value is -4.48. The minimum absolute atomic E-state index is 0.0261. The number of ether oxygens (including phenoxy) is 5. The summed E-state index contributed by atoms with van der Waals surface area (Å²) in [6, 6.07) is 10.6. The number of benzene rings is 2. The topological polar surface area (TPSA) is 121 Å². The lowest BCUT2D eigenvalue weighted by Gasteiger charge is -2.32. The maximum atomic E-state index is 13.4. The van der Waals surface area contributed by atoms with E-state index in [2.05, 4.69) is 36.2 Å². The van der Waals surface area contributed by atoms with Gasteiger partial charge in [0, 0.05) is 68.9 Å². The minimum Gasteiger partial charge on any atom is -0.491 e. The third-order valence-corrected chi connectivity index (χ3v) is 10.7. The Kier molecular flexibility index (Phi) is 14.3. The fourth-order valence-electron chi connectivity index (χ4n) is 6.08. The molecular formula is C39H41Cl2F3N6O6S. The molecule has 1 fully saturated rings. The molecule has 57 heavy (non-hydrogen) atoms. The maximum absolute atomic E-state index is 13.4. The van der Waals surface area contributed by atoms with Crippen molar-refractivity contribution in [3.63, 3.8) is 0 Å². The van der Waals surface area contributed by atoms with Gasteiger partial charge in [0.2, 0.25) is 12.0 Å². The van der Waals surface area contributed by atoms with Crippen LogP contribution in [-0.2, 0) is 22.6 Å². The molecule has 0 spiro atoms. The first-order chi connectivity index (χ1) is 27.4. The standard InChI is InChI=1S/C39H41Cl2F3N6O6S/c1-4-52-37(51)30(19-26-7-5-6-8-28(26)55-23-25-20-46-38(47-21-25)54-17-11-39(42,43)44)56-36-33-31(57-48-36)22-45-35(41)32(33)27-9-10-29(34(40)24(27)2)53-18-16-50-14-12-49(3)13-15-50/h5-10,20-22,30H,4,11-19,23H2,1-3H3/t30-/m1/s1. The summed E-state index contributed by atoms with van der Waals surface area (Å²) in [5.74, 6) is 0.573. The average Bonchev–Trinajstić information content (AvgIpc) is 3.59. The van der Waals surface area contributed by atoms with Gasteiger partial charge in [-0.3, -0.25) is 4.90 Å². The lowest BCUT2D eigenvalue weighted by Crippen LogP contribution is -2.45. The highest BCUT2D eigenvalue weighted by Gasteiger charge is 2.29. The van der Waals surface area contributed by atoms with Crippen molar-refractivity contribution in [1.82, 2.24) is 29.1 Å². The molecule has 5 aromatic rings. The molecule has 1 aliphatic rings. The summed E-state index contributed by atoms with van der Waals surface area (Å²) in [7, 11) is 2.12. The summed E-state index contributed by atoms with van der Waals surface area (Å²) in [5, 5.41) is 1.21. The Morgan fingerprint density at radius 2 is 1.70 bits per heavy atom. The van der Waals surface area contributed by atoms with Crippen LogP contribution in [0.1, 0.15) is 30.0 Å². The molecule has 0 saturated carbocycles. The number of carbonyl (C=O) groups is 1. The van der Waals surface area contributed by atoms with Crippen LogP contribution in [0.3, 0.4) is 0 Å². The summed E-state index contributed by atoms with van der Waals surface area (Å²) >= 11 is 14.9. The average molecular weight is 850 g/mol. The number of nitrogens with zero attached hydrogens (tertiary/aromatic N) is 6. The number of piperazine rings is 1. The predicted molar refractivity (Wildman–Crippen MR) is 211 cm³/mol. The highest BCUT2D eigenvalue weighted by molar-refractivity contribution is 7.13. The zero-order valence-electron chi connectivity index (χ0n) is 31.5. The monoisotopic (exact) mass is 848 g/mol. The van der Waals surface area contributed by atoms with Crippen LogP contribution in [0.2, 0.25) is 10.2 Å². The number of fused-ring (bicyclic) bond motifs is 1. The number of rotatable bonds is 17. The molecule has 12 nitrogen and oxygen atoms in total. The Morgan fingerprint density at radius 3 is 2.44 bits per heavy atom. The van der Waals surface area contributed by atoms with Gasteiger partial charge in [0.15, 0.2) is 0 Å². The van der Waals surface area contributed by atoms with E-state index in [1.807, 2.05) is 19.1 Å². The molecule has 3 aromatic heterocycles. The molecule has 18 heteroatoms. The summed E-state index contributed by atoms with van der Waals surface area (Å²) in [6.07, 6.45) is -2.14. The van der Waals surface area contributed by atoms with Crippen LogP contribution in [0.25, 0.3) is 21.2 Å². The van der Waals surface area contributed by atoms with Gasteiger partial charge in [-0.05, 0) is 61.3 Å². The van der Waals surface area contributed by atoms with Crippen LogP contribution in [-0.4, -0.2) is 107 Å². The first kappa shape index (κ1) is 42.1. The Bertz CT molecular complexity index is 2140. The Labute approximate surface area is 341 Å². The van der Waals surface area contributed by atoms with E-state index < -0.39 is 31.3 Å². The van der Waals surface area contributed by atoms with Crippen LogP contribution in [0.15, 0.2) is 55.0 Å². The second-order valence-electron chi connectivity index (χ2n) is 13.2.